The Hall–Kier alpha value is -1.63. The molecule has 4 saturated carbocycles. The maximum atomic E-state index is 14.2. The highest BCUT2D eigenvalue weighted by Crippen LogP contribution is 2.56. The minimum Gasteiger partial charge on any atom is -0.346 e. The number of amides is 1. The van der Waals surface area contributed by atoms with Crippen molar-refractivity contribution in [2.45, 2.75) is 55.8 Å². The molecule has 0 heterocycles. The lowest BCUT2D eigenvalue weighted by Crippen LogP contribution is -2.68. The second kappa shape index (κ2) is 5.19. The lowest BCUT2D eigenvalue weighted by Gasteiger charge is -2.61. The van der Waals surface area contributed by atoms with Crippen molar-refractivity contribution in [3.63, 3.8) is 0 Å². The zero-order chi connectivity index (χ0) is 18.0. The molecule has 0 aliphatic heterocycles. The van der Waals surface area contributed by atoms with Crippen LogP contribution in [0.1, 0.15) is 54.4 Å². The summed E-state index contributed by atoms with van der Waals surface area (Å²) in [6.07, 6.45) is 0.276. The number of alkyl halides is 3. The average molecular weight is 356 g/mol. The number of carbonyl (C=O) groups excluding carboxylic acids is 1. The first-order chi connectivity index (χ1) is 11.6. The van der Waals surface area contributed by atoms with Gasteiger partial charge in [-0.05, 0) is 62.5 Å². The third kappa shape index (κ3) is 2.82. The monoisotopic (exact) mass is 356 g/mol. The van der Waals surface area contributed by atoms with E-state index in [4.69, 9.17) is 5.73 Å². The lowest BCUT2D eigenvalue weighted by atomic mass is 9.50. The average Bonchev–Trinajstić information content (AvgIpc) is 2.42. The number of nitrogens with one attached hydrogen (secondary N) is 1. The van der Waals surface area contributed by atoms with Gasteiger partial charge in [-0.15, -0.1) is 0 Å². The SMILES string of the molecule is NC12CC3CC(C1)CC(NC(=O)c1cccc(C(F)(F)F)c1F)(C3)C2. The van der Waals surface area contributed by atoms with E-state index in [2.05, 4.69) is 5.32 Å². The summed E-state index contributed by atoms with van der Waals surface area (Å²) in [6.45, 7) is 0. The van der Waals surface area contributed by atoms with Crippen molar-refractivity contribution in [3.05, 3.63) is 35.1 Å². The Morgan fingerprint density at radius 2 is 1.80 bits per heavy atom. The molecule has 0 radical (unpaired) electrons. The fraction of sp³-hybridized carbons (Fsp3) is 0.611. The predicted molar refractivity (Wildman–Crippen MR) is 83.2 cm³/mol. The molecule has 1 aromatic rings. The number of carbonyl (C=O) groups is 1. The zero-order valence-corrected chi connectivity index (χ0v) is 13.6. The maximum Gasteiger partial charge on any atom is 0.419 e. The number of rotatable bonds is 2. The highest BCUT2D eigenvalue weighted by Gasteiger charge is 2.56. The maximum absolute atomic E-state index is 14.2. The molecule has 4 aliphatic carbocycles. The highest BCUT2D eigenvalue weighted by atomic mass is 19.4. The zero-order valence-electron chi connectivity index (χ0n) is 13.6. The summed E-state index contributed by atoms with van der Waals surface area (Å²) >= 11 is 0. The van der Waals surface area contributed by atoms with Crippen molar-refractivity contribution in [3.8, 4) is 0 Å². The fourth-order valence-electron chi connectivity index (χ4n) is 5.71. The minimum atomic E-state index is -4.83. The molecule has 4 fully saturated rings. The van der Waals surface area contributed by atoms with E-state index in [-0.39, 0.29) is 5.54 Å². The Kier molecular flexibility index (Phi) is 3.49. The molecule has 1 aromatic carbocycles. The minimum absolute atomic E-state index is 0.316. The molecule has 136 valence electrons. The van der Waals surface area contributed by atoms with Crippen LogP contribution in [0.3, 0.4) is 0 Å². The van der Waals surface area contributed by atoms with E-state index in [1.165, 1.54) is 0 Å². The Bertz CT molecular complexity index is 716. The van der Waals surface area contributed by atoms with Crippen molar-refractivity contribution in [1.29, 1.82) is 0 Å². The number of hydrogen-bond acceptors (Lipinski definition) is 2. The quantitative estimate of drug-likeness (QED) is 0.795. The van der Waals surface area contributed by atoms with Gasteiger partial charge >= 0.3 is 6.18 Å². The molecule has 7 heteroatoms. The van der Waals surface area contributed by atoms with E-state index < -0.39 is 34.6 Å². The Balaban J connectivity index is 1.61. The van der Waals surface area contributed by atoms with Crippen LogP contribution < -0.4 is 11.1 Å². The molecule has 0 saturated heterocycles. The summed E-state index contributed by atoms with van der Waals surface area (Å²) in [4.78, 5) is 12.6. The van der Waals surface area contributed by atoms with E-state index >= 15 is 0 Å². The highest BCUT2D eigenvalue weighted by molar-refractivity contribution is 5.95. The lowest BCUT2D eigenvalue weighted by molar-refractivity contribution is -0.140. The molecule has 4 bridgehead atoms. The molecule has 1 amide bonds. The molecule has 2 unspecified atom stereocenters. The molecular weight excluding hydrogens is 336 g/mol. The third-order valence-electron chi connectivity index (χ3n) is 6.03. The van der Waals surface area contributed by atoms with Gasteiger partial charge in [-0.3, -0.25) is 4.79 Å². The van der Waals surface area contributed by atoms with Gasteiger partial charge in [0.15, 0.2) is 0 Å². The van der Waals surface area contributed by atoms with Gasteiger partial charge in [0, 0.05) is 11.1 Å². The summed E-state index contributed by atoms with van der Waals surface area (Å²) in [5.41, 5.74) is 3.65. The van der Waals surface area contributed by atoms with E-state index in [0.29, 0.717) is 24.3 Å². The Labute approximate surface area is 143 Å². The molecule has 2 atom stereocenters. The van der Waals surface area contributed by atoms with Gasteiger partial charge < -0.3 is 11.1 Å². The van der Waals surface area contributed by atoms with Crippen molar-refractivity contribution >= 4 is 5.91 Å². The van der Waals surface area contributed by atoms with Crippen LogP contribution in [0.25, 0.3) is 0 Å². The first-order valence-corrected chi connectivity index (χ1v) is 8.56. The molecule has 3 nitrogen and oxygen atoms in total. The van der Waals surface area contributed by atoms with E-state index in [0.717, 1.165) is 44.2 Å². The topological polar surface area (TPSA) is 55.1 Å². The predicted octanol–water partition coefficient (Wildman–Crippen LogP) is 3.62. The summed E-state index contributed by atoms with van der Waals surface area (Å²) in [5.74, 6) is -1.44. The van der Waals surface area contributed by atoms with Crippen LogP contribution >= 0.6 is 0 Å². The molecule has 0 spiro atoms. The van der Waals surface area contributed by atoms with Gasteiger partial charge in [-0.25, -0.2) is 4.39 Å². The van der Waals surface area contributed by atoms with Gasteiger partial charge in [0.2, 0.25) is 0 Å². The number of halogens is 4. The molecule has 4 aliphatic rings. The van der Waals surface area contributed by atoms with E-state index in [1.54, 1.807) is 0 Å². The van der Waals surface area contributed by atoms with Crippen LogP contribution in [0.15, 0.2) is 18.2 Å². The number of nitrogens with two attached hydrogens (primary N) is 1. The van der Waals surface area contributed by atoms with E-state index in [1.807, 2.05) is 0 Å². The van der Waals surface area contributed by atoms with Gasteiger partial charge in [0.1, 0.15) is 5.82 Å². The van der Waals surface area contributed by atoms with Gasteiger partial charge in [-0.1, -0.05) is 6.07 Å². The molecule has 3 N–H and O–H groups in total. The molecule has 25 heavy (non-hydrogen) atoms. The smallest absolute Gasteiger partial charge is 0.346 e. The van der Waals surface area contributed by atoms with Crippen LogP contribution in [-0.2, 0) is 6.18 Å². The van der Waals surface area contributed by atoms with Crippen LogP contribution in [-0.4, -0.2) is 17.0 Å². The van der Waals surface area contributed by atoms with Crippen LogP contribution in [0, 0.1) is 17.7 Å². The number of benzene rings is 1. The Morgan fingerprint density at radius 1 is 1.16 bits per heavy atom. The fourth-order valence-corrected chi connectivity index (χ4v) is 5.71. The molecular formula is C18H20F4N2O. The first kappa shape index (κ1) is 16.8. The standard InChI is InChI=1S/C18H20F4N2O/c19-14-12(2-1-3-13(14)18(20,21)22)15(25)24-17-7-10-4-11(8-17)6-16(23,5-10)9-17/h1-3,10-11H,4-9,23H2,(H,24,25). The largest absolute Gasteiger partial charge is 0.419 e. The van der Waals surface area contributed by atoms with Gasteiger partial charge in [-0.2, -0.15) is 13.2 Å². The second-order valence-electron chi connectivity index (χ2n) is 8.22. The third-order valence-corrected chi connectivity index (χ3v) is 6.03. The van der Waals surface area contributed by atoms with Crippen molar-refractivity contribution < 1.29 is 22.4 Å². The summed E-state index contributed by atoms with van der Waals surface area (Å²) in [7, 11) is 0. The van der Waals surface area contributed by atoms with E-state index in [9.17, 15) is 22.4 Å². The van der Waals surface area contributed by atoms with Crippen LogP contribution in [0.5, 0.6) is 0 Å². The molecule has 5 rings (SSSR count). The number of hydrogen-bond donors (Lipinski definition) is 2. The first-order valence-electron chi connectivity index (χ1n) is 8.56. The van der Waals surface area contributed by atoms with Gasteiger partial charge in [0.05, 0.1) is 11.1 Å². The van der Waals surface area contributed by atoms with Crippen molar-refractivity contribution in [2.24, 2.45) is 17.6 Å². The van der Waals surface area contributed by atoms with Crippen LogP contribution in [0.2, 0.25) is 0 Å². The summed E-state index contributed by atoms with van der Waals surface area (Å²) in [6, 6.07) is 2.80. The summed E-state index contributed by atoms with van der Waals surface area (Å²) < 4.78 is 52.9. The Morgan fingerprint density at radius 3 is 2.36 bits per heavy atom. The van der Waals surface area contributed by atoms with Gasteiger partial charge in [0.25, 0.3) is 5.91 Å². The van der Waals surface area contributed by atoms with Crippen molar-refractivity contribution in [2.75, 3.05) is 0 Å². The molecule has 0 aromatic heterocycles. The second-order valence-corrected chi connectivity index (χ2v) is 8.22. The van der Waals surface area contributed by atoms with Crippen molar-refractivity contribution in [1.82, 2.24) is 5.32 Å². The van der Waals surface area contributed by atoms with Crippen LogP contribution in [0.4, 0.5) is 17.6 Å². The normalized spacial score (nSPS) is 36.5. The summed E-state index contributed by atoms with van der Waals surface area (Å²) in [5, 5.41) is 2.86.